The fraction of sp³-hybridized carbons (Fsp3) is 0. The predicted molar refractivity (Wildman–Crippen MR) is 55.3 cm³/mol. The lowest BCUT2D eigenvalue weighted by Crippen LogP contribution is -2.13. The fourth-order valence-corrected chi connectivity index (χ4v) is 1.42. The van der Waals surface area contributed by atoms with Gasteiger partial charge in [-0.05, 0) is 0 Å². The molecule has 3 nitrogen and oxygen atoms in total. The Morgan fingerprint density at radius 2 is 1.93 bits per heavy atom. The van der Waals surface area contributed by atoms with E-state index in [0.717, 1.165) is 0 Å². The molecule has 0 aliphatic heterocycles. The van der Waals surface area contributed by atoms with E-state index in [1.54, 1.807) is 30.3 Å². The topological polar surface area (TPSA) is 45.8 Å². The summed E-state index contributed by atoms with van der Waals surface area (Å²) in [6.45, 7) is 0. The van der Waals surface area contributed by atoms with Crippen molar-refractivity contribution in [2.45, 2.75) is 0 Å². The van der Waals surface area contributed by atoms with Gasteiger partial charge in [0.2, 0.25) is 5.95 Å². The van der Waals surface area contributed by atoms with Gasteiger partial charge in [-0.15, -0.1) is 0 Å². The second kappa shape index (κ2) is 3.82. The molecule has 0 spiro atoms. The Morgan fingerprint density at radius 1 is 1.27 bits per heavy atom. The highest BCUT2D eigenvalue weighted by molar-refractivity contribution is 6.33. The van der Waals surface area contributed by atoms with Crippen LogP contribution in [0.5, 0.6) is 0 Å². The Labute approximate surface area is 89.6 Å². The molecule has 1 heterocycles. The van der Waals surface area contributed by atoms with Gasteiger partial charge in [0, 0.05) is 5.56 Å². The first kappa shape index (κ1) is 9.86. The zero-order valence-corrected chi connectivity index (χ0v) is 8.25. The first-order valence-electron chi connectivity index (χ1n) is 4.19. The van der Waals surface area contributed by atoms with E-state index in [2.05, 4.69) is 4.98 Å². The van der Waals surface area contributed by atoms with Gasteiger partial charge < -0.3 is 0 Å². The molecule has 0 aliphatic carbocycles. The number of nitrogens with zero attached hydrogens (tertiary/aromatic N) is 1. The molecule has 0 fully saturated rings. The summed E-state index contributed by atoms with van der Waals surface area (Å²) < 4.78 is 13.1. The van der Waals surface area contributed by atoms with Crippen molar-refractivity contribution in [3.63, 3.8) is 0 Å². The highest BCUT2D eigenvalue weighted by Gasteiger charge is 2.11. The molecule has 0 aliphatic rings. The lowest BCUT2D eigenvalue weighted by molar-refractivity contribution is 0.575. The third-order valence-electron chi connectivity index (χ3n) is 1.88. The smallest absolute Gasteiger partial charge is 0.281 e. The minimum Gasteiger partial charge on any atom is -0.281 e. The van der Waals surface area contributed by atoms with Crippen LogP contribution in [0.15, 0.2) is 35.1 Å². The monoisotopic (exact) mass is 224 g/mol. The van der Waals surface area contributed by atoms with Gasteiger partial charge in [-0.2, -0.15) is 9.37 Å². The van der Waals surface area contributed by atoms with Crippen LogP contribution >= 0.6 is 11.6 Å². The number of halogens is 2. The van der Waals surface area contributed by atoms with Crippen molar-refractivity contribution in [1.29, 1.82) is 0 Å². The number of hydrogen-bond acceptors (Lipinski definition) is 2. The van der Waals surface area contributed by atoms with Crippen molar-refractivity contribution in [3.05, 3.63) is 51.8 Å². The molecule has 76 valence electrons. The van der Waals surface area contributed by atoms with E-state index >= 15 is 0 Å². The van der Waals surface area contributed by atoms with Crippen LogP contribution in [-0.4, -0.2) is 9.97 Å². The summed E-state index contributed by atoms with van der Waals surface area (Å²) in [5.74, 6) is -0.865. The SMILES string of the molecule is O=c1nc(-c2ccccc2)c(Cl)c(F)[nH]1. The van der Waals surface area contributed by atoms with Crippen molar-refractivity contribution in [2.75, 3.05) is 0 Å². The lowest BCUT2D eigenvalue weighted by Gasteiger charge is -2.02. The number of aromatic amines is 1. The van der Waals surface area contributed by atoms with E-state index in [-0.39, 0.29) is 10.7 Å². The number of H-pyrrole nitrogens is 1. The number of hydrogen-bond donors (Lipinski definition) is 1. The molecule has 0 radical (unpaired) electrons. The number of nitrogens with one attached hydrogen (secondary N) is 1. The molecular formula is C10H6ClFN2O. The second-order valence-corrected chi connectivity index (χ2v) is 3.26. The molecular weight excluding hydrogens is 219 g/mol. The van der Waals surface area contributed by atoms with Gasteiger partial charge in [0.1, 0.15) is 5.02 Å². The Morgan fingerprint density at radius 3 is 2.60 bits per heavy atom. The van der Waals surface area contributed by atoms with Crippen molar-refractivity contribution in [1.82, 2.24) is 9.97 Å². The Kier molecular flexibility index (Phi) is 2.51. The highest BCUT2D eigenvalue weighted by atomic mass is 35.5. The maximum absolute atomic E-state index is 13.1. The Bertz CT molecular complexity index is 539. The third-order valence-corrected chi connectivity index (χ3v) is 2.22. The van der Waals surface area contributed by atoms with E-state index in [9.17, 15) is 9.18 Å². The summed E-state index contributed by atoms with van der Waals surface area (Å²) in [6.07, 6.45) is 0. The molecule has 2 aromatic rings. The van der Waals surface area contributed by atoms with Crippen LogP contribution in [0.1, 0.15) is 0 Å². The summed E-state index contributed by atoms with van der Waals surface area (Å²) in [7, 11) is 0. The van der Waals surface area contributed by atoms with Gasteiger partial charge in [0.15, 0.2) is 0 Å². The van der Waals surface area contributed by atoms with E-state index < -0.39 is 11.6 Å². The summed E-state index contributed by atoms with van der Waals surface area (Å²) >= 11 is 5.69. The maximum atomic E-state index is 13.1. The van der Waals surface area contributed by atoms with E-state index in [4.69, 9.17) is 11.6 Å². The molecule has 1 N–H and O–H groups in total. The number of rotatable bonds is 1. The first-order chi connectivity index (χ1) is 7.18. The van der Waals surface area contributed by atoms with E-state index in [1.165, 1.54) is 0 Å². The van der Waals surface area contributed by atoms with Gasteiger partial charge in [-0.3, -0.25) is 4.98 Å². The van der Waals surface area contributed by atoms with Gasteiger partial charge in [0.25, 0.3) is 0 Å². The molecule has 15 heavy (non-hydrogen) atoms. The fourth-order valence-electron chi connectivity index (χ4n) is 1.22. The Balaban J connectivity index is 2.68. The molecule has 2 rings (SSSR count). The summed E-state index contributed by atoms with van der Waals surface area (Å²) in [5.41, 5.74) is 0.00164. The normalized spacial score (nSPS) is 10.3. The van der Waals surface area contributed by atoms with Crippen LogP contribution in [0.4, 0.5) is 4.39 Å². The number of benzene rings is 1. The van der Waals surface area contributed by atoms with Gasteiger partial charge in [-0.1, -0.05) is 41.9 Å². The molecule has 1 aromatic heterocycles. The first-order valence-corrected chi connectivity index (χ1v) is 4.57. The zero-order chi connectivity index (χ0) is 10.8. The Hall–Kier alpha value is -1.68. The van der Waals surface area contributed by atoms with Gasteiger partial charge >= 0.3 is 5.69 Å². The van der Waals surface area contributed by atoms with Crippen LogP contribution in [-0.2, 0) is 0 Å². The van der Waals surface area contributed by atoms with Crippen LogP contribution in [0.3, 0.4) is 0 Å². The highest BCUT2D eigenvalue weighted by Crippen LogP contribution is 2.25. The largest absolute Gasteiger partial charge is 0.347 e. The van der Waals surface area contributed by atoms with Gasteiger partial charge in [-0.25, -0.2) is 4.79 Å². The van der Waals surface area contributed by atoms with E-state index in [0.29, 0.717) is 5.56 Å². The zero-order valence-electron chi connectivity index (χ0n) is 7.50. The van der Waals surface area contributed by atoms with Crippen molar-refractivity contribution in [2.24, 2.45) is 0 Å². The maximum Gasteiger partial charge on any atom is 0.347 e. The summed E-state index contributed by atoms with van der Waals surface area (Å²) in [6, 6.07) is 8.72. The third kappa shape index (κ3) is 1.89. The number of aromatic nitrogens is 2. The molecule has 0 atom stereocenters. The lowest BCUT2D eigenvalue weighted by atomic mass is 10.1. The van der Waals surface area contributed by atoms with Crippen molar-refractivity contribution in [3.8, 4) is 11.3 Å². The minimum atomic E-state index is -0.865. The molecule has 0 saturated carbocycles. The van der Waals surface area contributed by atoms with E-state index in [1.807, 2.05) is 4.98 Å². The van der Waals surface area contributed by atoms with Crippen molar-refractivity contribution >= 4 is 11.6 Å². The standard InChI is InChI=1S/C10H6ClFN2O/c11-7-8(6-4-2-1-3-5-6)13-10(15)14-9(7)12/h1-5H,(H,13,14,15). The minimum absolute atomic E-state index is 0.151. The van der Waals surface area contributed by atoms with Crippen molar-refractivity contribution < 1.29 is 4.39 Å². The quantitative estimate of drug-likeness (QED) is 0.755. The molecule has 0 saturated heterocycles. The predicted octanol–water partition coefficient (Wildman–Crippen LogP) is 2.23. The molecule has 0 amide bonds. The van der Waals surface area contributed by atoms with Crippen LogP contribution in [0.25, 0.3) is 11.3 Å². The molecule has 0 bridgehead atoms. The van der Waals surface area contributed by atoms with Crippen LogP contribution in [0.2, 0.25) is 5.02 Å². The van der Waals surface area contributed by atoms with Crippen LogP contribution in [0, 0.1) is 5.95 Å². The summed E-state index contributed by atoms with van der Waals surface area (Å²) in [5, 5.41) is -0.180. The average Bonchev–Trinajstić information content (AvgIpc) is 2.24. The second-order valence-electron chi connectivity index (χ2n) is 2.88. The summed E-state index contributed by atoms with van der Waals surface area (Å²) in [4.78, 5) is 16.5. The molecule has 0 unspecified atom stereocenters. The van der Waals surface area contributed by atoms with Gasteiger partial charge in [0.05, 0.1) is 5.69 Å². The molecule has 5 heteroatoms. The molecule has 1 aromatic carbocycles. The average molecular weight is 225 g/mol. The van der Waals surface area contributed by atoms with Crippen LogP contribution < -0.4 is 5.69 Å².